The molecule has 2 spiro atoms. The summed E-state index contributed by atoms with van der Waals surface area (Å²) in [5.74, 6) is -3.76. The lowest BCUT2D eigenvalue weighted by atomic mass is 9.71. The zero-order valence-electron chi connectivity index (χ0n) is 24.4. The van der Waals surface area contributed by atoms with Gasteiger partial charge in [0.2, 0.25) is 21.9 Å². The van der Waals surface area contributed by atoms with Crippen LogP contribution < -0.4 is 19.8 Å². The van der Waals surface area contributed by atoms with Gasteiger partial charge >= 0.3 is 0 Å². The minimum Gasteiger partial charge on any atom is -0.395 e. The number of nitrogens with one attached hydrogen (secondary N) is 2. The van der Waals surface area contributed by atoms with E-state index in [0.29, 0.717) is 33.6 Å². The number of pyridine rings is 1. The van der Waals surface area contributed by atoms with Crippen molar-refractivity contribution in [3.63, 3.8) is 0 Å². The number of piperidine rings is 1. The highest BCUT2D eigenvalue weighted by molar-refractivity contribution is 7.92. The summed E-state index contributed by atoms with van der Waals surface area (Å²) in [4.78, 5) is 35.4. The average Bonchev–Trinajstić information content (AvgIpc) is 3.66. The molecule has 43 heavy (non-hydrogen) atoms. The Balaban J connectivity index is 1.31. The van der Waals surface area contributed by atoms with E-state index in [1.54, 1.807) is 32.2 Å². The summed E-state index contributed by atoms with van der Waals surface area (Å²) in [5.41, 5.74) is 2.15. The van der Waals surface area contributed by atoms with Crippen LogP contribution in [0.1, 0.15) is 73.0 Å². The second-order valence-corrected chi connectivity index (χ2v) is 14.5. The monoisotopic (exact) mass is 617 g/mol. The van der Waals surface area contributed by atoms with Crippen molar-refractivity contribution in [2.75, 3.05) is 52.3 Å². The maximum absolute atomic E-state index is 14.1. The molecule has 232 valence electrons. The van der Waals surface area contributed by atoms with E-state index in [-0.39, 0.29) is 30.3 Å². The second kappa shape index (κ2) is 10.4. The number of amides is 2. The summed E-state index contributed by atoms with van der Waals surface area (Å²) >= 11 is 0. The number of hydrogen-bond donors (Lipinski definition) is 3. The molecule has 10 nitrogen and oxygen atoms in total. The van der Waals surface area contributed by atoms with Gasteiger partial charge in [-0.1, -0.05) is 0 Å². The Labute approximate surface area is 249 Å². The van der Waals surface area contributed by atoms with E-state index < -0.39 is 52.5 Å². The van der Waals surface area contributed by atoms with Crippen molar-refractivity contribution in [1.82, 2.24) is 4.98 Å². The number of nitrogens with zero attached hydrogens (tertiary/aromatic N) is 3. The number of aromatic nitrogens is 1. The quantitative estimate of drug-likeness (QED) is 0.425. The van der Waals surface area contributed by atoms with Crippen LogP contribution in [0.5, 0.6) is 0 Å². The molecule has 1 aromatic carbocycles. The Morgan fingerprint density at radius 3 is 2.35 bits per heavy atom. The fourth-order valence-electron chi connectivity index (χ4n) is 6.99. The fraction of sp³-hybridized carbons (Fsp3) is 0.567. The predicted molar refractivity (Wildman–Crippen MR) is 159 cm³/mol. The molecular weight excluding hydrogens is 580 g/mol. The molecule has 13 heteroatoms. The molecule has 0 atom stereocenters. The van der Waals surface area contributed by atoms with Crippen molar-refractivity contribution in [3.05, 3.63) is 41.1 Å². The molecule has 0 unspecified atom stereocenters. The molecule has 2 aliphatic carbocycles. The first-order valence-corrected chi connectivity index (χ1v) is 16.4. The summed E-state index contributed by atoms with van der Waals surface area (Å²) in [7, 11) is -2.14. The molecule has 3 N–H and O–H groups in total. The van der Waals surface area contributed by atoms with E-state index in [0.717, 1.165) is 25.9 Å². The Morgan fingerprint density at radius 2 is 1.72 bits per heavy atom. The van der Waals surface area contributed by atoms with Gasteiger partial charge in [-0.25, -0.2) is 22.2 Å². The van der Waals surface area contributed by atoms with Gasteiger partial charge in [0, 0.05) is 33.0 Å². The van der Waals surface area contributed by atoms with Gasteiger partial charge in [-0.3, -0.25) is 14.3 Å². The molecule has 3 heterocycles. The Hall–Kier alpha value is -3.32. The zero-order valence-corrected chi connectivity index (χ0v) is 25.2. The summed E-state index contributed by atoms with van der Waals surface area (Å²) in [6, 6.07) is 6.38. The lowest BCUT2D eigenvalue weighted by Crippen LogP contribution is -2.44. The molecule has 4 aliphatic rings. The van der Waals surface area contributed by atoms with Gasteiger partial charge in [0.25, 0.3) is 5.91 Å². The Kier molecular flexibility index (Phi) is 7.19. The van der Waals surface area contributed by atoms with Crippen LogP contribution in [-0.2, 0) is 20.2 Å². The smallest absolute Gasteiger partial charge is 0.258 e. The van der Waals surface area contributed by atoms with Gasteiger partial charge in [-0.05, 0) is 80.7 Å². The van der Waals surface area contributed by atoms with Crippen LogP contribution in [0.15, 0.2) is 24.3 Å². The first kappa shape index (κ1) is 29.7. The van der Waals surface area contributed by atoms with Crippen LogP contribution >= 0.6 is 0 Å². The molecule has 1 saturated heterocycles. The van der Waals surface area contributed by atoms with E-state index >= 15 is 0 Å². The molecule has 2 saturated carbocycles. The number of rotatable bonds is 7. The van der Waals surface area contributed by atoms with Crippen LogP contribution in [0.3, 0.4) is 0 Å². The predicted octanol–water partition coefficient (Wildman–Crippen LogP) is 4.18. The van der Waals surface area contributed by atoms with Crippen molar-refractivity contribution < 1.29 is 31.9 Å². The number of sulfonamides is 1. The van der Waals surface area contributed by atoms with Gasteiger partial charge in [0.1, 0.15) is 5.82 Å². The number of likely N-dealkylation sites (N-methyl/N-ethyl adjacent to an activating group) is 1. The van der Waals surface area contributed by atoms with E-state index in [2.05, 4.69) is 14.9 Å². The van der Waals surface area contributed by atoms with E-state index in [9.17, 15) is 26.8 Å². The molecule has 2 aliphatic heterocycles. The molecule has 0 bridgehead atoms. The largest absolute Gasteiger partial charge is 0.395 e. The van der Waals surface area contributed by atoms with Crippen LogP contribution in [0.4, 0.5) is 31.7 Å². The van der Waals surface area contributed by atoms with Crippen molar-refractivity contribution in [2.24, 2.45) is 5.41 Å². The number of alkyl halides is 2. The Bertz CT molecular complexity index is 1570. The third-order valence-corrected chi connectivity index (χ3v) is 11.0. The highest BCUT2D eigenvalue weighted by Gasteiger charge is 2.56. The Morgan fingerprint density at radius 1 is 1.05 bits per heavy atom. The molecule has 1 aromatic heterocycles. The number of fused-ring (bicyclic) bond motifs is 2. The maximum Gasteiger partial charge on any atom is 0.258 e. The number of halogens is 2. The maximum atomic E-state index is 14.1. The summed E-state index contributed by atoms with van der Waals surface area (Å²) in [6.45, 7) is 2.74. The van der Waals surface area contributed by atoms with E-state index in [1.165, 1.54) is 23.8 Å². The van der Waals surface area contributed by atoms with Gasteiger partial charge in [-0.2, -0.15) is 0 Å². The molecule has 2 aromatic rings. The summed E-state index contributed by atoms with van der Waals surface area (Å²) in [6.07, 6.45) is 3.54. The normalized spacial score (nSPS) is 21.7. The zero-order chi connectivity index (χ0) is 30.8. The first-order valence-electron chi connectivity index (χ1n) is 14.8. The van der Waals surface area contributed by atoms with E-state index in [4.69, 9.17) is 10.1 Å². The highest BCUT2D eigenvalue weighted by atomic mass is 32.2. The van der Waals surface area contributed by atoms with Crippen molar-refractivity contribution in [3.8, 4) is 0 Å². The van der Waals surface area contributed by atoms with Crippen molar-refractivity contribution >= 4 is 44.7 Å². The molecule has 6 rings (SSSR count). The minimum absolute atomic E-state index is 0.0196. The standard InChI is InChI=1S/C30H37F2N5O5S/c1-19-17-23(33-25-24(19)36(2)27(40)29(25)7-9-30(31,32)10-8-29)34-26(39)21-4-3-20(35-43(41,42)16-15-38)18-22(21)37-13-11-28(5-6-28)12-14-37/h3-4,17-18,35,38H,5-16H2,1-2H3,(H,33,34,39). The molecular formula is C30H37F2N5O5S. The first-order chi connectivity index (χ1) is 20.3. The SMILES string of the molecule is Cc1cc(NC(=O)c2ccc(NS(=O)(=O)CCO)cc2N2CCC3(CC2)CC3)nc2c1N(C)C(=O)C21CCC(F)(F)CC1. The summed E-state index contributed by atoms with van der Waals surface area (Å²) in [5, 5.41) is 12.0. The lowest BCUT2D eigenvalue weighted by Gasteiger charge is -2.35. The molecule has 2 amide bonds. The van der Waals surface area contributed by atoms with Crippen LogP contribution in [0, 0.1) is 12.3 Å². The fourth-order valence-corrected chi connectivity index (χ4v) is 7.81. The second-order valence-electron chi connectivity index (χ2n) is 12.6. The third-order valence-electron chi connectivity index (χ3n) is 9.76. The van der Waals surface area contributed by atoms with Crippen molar-refractivity contribution in [2.45, 2.75) is 69.6 Å². The van der Waals surface area contributed by atoms with Gasteiger partial charge in [0.15, 0.2) is 0 Å². The van der Waals surface area contributed by atoms with Gasteiger partial charge < -0.3 is 20.2 Å². The van der Waals surface area contributed by atoms with Crippen LogP contribution in [0.2, 0.25) is 0 Å². The average molecular weight is 618 g/mol. The van der Waals surface area contributed by atoms with Gasteiger partial charge in [0.05, 0.1) is 46.1 Å². The molecule has 0 radical (unpaired) electrons. The number of aliphatic hydroxyl groups is 1. The number of carbonyl (C=O) groups excluding carboxylic acids is 2. The van der Waals surface area contributed by atoms with Crippen molar-refractivity contribution in [1.29, 1.82) is 0 Å². The minimum atomic E-state index is -3.77. The number of benzene rings is 1. The van der Waals surface area contributed by atoms with Crippen LogP contribution in [-0.4, -0.2) is 68.7 Å². The number of aliphatic hydroxyl groups excluding tert-OH is 1. The number of aryl methyl sites for hydroxylation is 1. The molecule has 3 fully saturated rings. The highest BCUT2D eigenvalue weighted by Crippen LogP contribution is 2.55. The van der Waals surface area contributed by atoms with Crippen LogP contribution in [0.25, 0.3) is 0 Å². The number of carbonyl (C=O) groups is 2. The summed E-state index contributed by atoms with van der Waals surface area (Å²) < 4.78 is 55.3. The third kappa shape index (κ3) is 5.45. The number of anilines is 4. The number of hydrogen-bond acceptors (Lipinski definition) is 7. The lowest BCUT2D eigenvalue weighted by molar-refractivity contribution is -0.128. The van der Waals surface area contributed by atoms with E-state index in [1.807, 2.05) is 0 Å². The topological polar surface area (TPSA) is 132 Å². The van der Waals surface area contributed by atoms with Gasteiger partial charge in [-0.15, -0.1) is 0 Å².